The molecule has 0 aliphatic heterocycles. The quantitative estimate of drug-likeness (QED) is 0.0957. The van der Waals surface area contributed by atoms with Crippen molar-refractivity contribution in [1.29, 1.82) is 0 Å². The van der Waals surface area contributed by atoms with Gasteiger partial charge in [-0.05, 0) is 108 Å². The molecule has 224 valence electrons. The van der Waals surface area contributed by atoms with Crippen LogP contribution in [-0.4, -0.2) is 11.9 Å². The second-order valence-electron chi connectivity index (χ2n) is 10.3. The number of ether oxygens (including phenoxy) is 2. The maximum Gasteiger partial charge on any atom is 0.335 e. The Labute approximate surface area is 260 Å². The lowest BCUT2D eigenvalue weighted by Crippen LogP contribution is -2.10. The topological polar surface area (TPSA) is 55.8 Å². The molecular weight excluding hydrogens is 572 g/mol. The van der Waals surface area contributed by atoms with Crippen LogP contribution in [0.2, 0.25) is 0 Å². The molecule has 5 aromatic rings. The van der Waals surface area contributed by atoms with Crippen LogP contribution in [0.1, 0.15) is 11.1 Å². The molecule has 0 saturated carbocycles. The number of benzene rings is 5. The monoisotopic (exact) mass is 601 g/mol. The van der Waals surface area contributed by atoms with E-state index in [0.717, 1.165) is 51.5 Å². The Kier molecular flexibility index (Phi) is 9.00. The first kappa shape index (κ1) is 30.6. The van der Waals surface area contributed by atoms with Crippen LogP contribution in [0.15, 0.2) is 128 Å². The van der Waals surface area contributed by atoms with Crippen LogP contribution in [0.5, 0.6) is 11.5 Å². The van der Waals surface area contributed by atoms with E-state index in [4.69, 9.17) is 9.47 Å². The highest BCUT2D eigenvalue weighted by Crippen LogP contribution is 2.38. The van der Waals surface area contributed by atoms with E-state index in [-0.39, 0.29) is 11.5 Å². The molecule has 0 atom stereocenters. The molecule has 0 unspecified atom stereocenters. The second kappa shape index (κ2) is 13.2. The van der Waals surface area contributed by atoms with Gasteiger partial charge in [-0.25, -0.2) is 18.4 Å². The molecule has 5 aromatic carbocycles. The molecule has 7 heteroatoms. The molecule has 0 fully saturated rings. The van der Waals surface area contributed by atoms with Gasteiger partial charge in [-0.15, -0.1) is 0 Å². The molecule has 5 nitrogen and oxygen atoms in total. The molecule has 5 rings (SSSR count). The minimum atomic E-state index is -0.734. The molecule has 0 saturated heterocycles. The minimum absolute atomic E-state index is 0.167. The van der Waals surface area contributed by atoms with Gasteiger partial charge in [-0.1, -0.05) is 55.6 Å². The van der Waals surface area contributed by atoms with Crippen molar-refractivity contribution in [3.8, 4) is 33.8 Å². The van der Waals surface area contributed by atoms with E-state index in [2.05, 4.69) is 36.3 Å². The van der Waals surface area contributed by atoms with E-state index in [1.54, 1.807) is 12.1 Å². The van der Waals surface area contributed by atoms with Crippen molar-refractivity contribution in [2.75, 3.05) is 4.90 Å². The van der Waals surface area contributed by atoms with Crippen LogP contribution >= 0.6 is 0 Å². The van der Waals surface area contributed by atoms with Crippen LogP contribution in [0, 0.1) is 25.5 Å². The van der Waals surface area contributed by atoms with Crippen molar-refractivity contribution >= 4 is 29.0 Å². The van der Waals surface area contributed by atoms with Crippen molar-refractivity contribution in [1.82, 2.24) is 0 Å². The highest BCUT2D eigenvalue weighted by Gasteiger charge is 2.16. The Bertz CT molecular complexity index is 1780. The number of rotatable bonds is 9. The third kappa shape index (κ3) is 7.05. The van der Waals surface area contributed by atoms with Gasteiger partial charge < -0.3 is 14.4 Å². The first-order chi connectivity index (χ1) is 21.6. The predicted molar refractivity (Wildman–Crippen MR) is 173 cm³/mol. The van der Waals surface area contributed by atoms with Crippen molar-refractivity contribution in [3.63, 3.8) is 0 Å². The number of aryl methyl sites for hydroxylation is 2. The molecule has 0 aromatic heterocycles. The number of anilines is 3. The summed E-state index contributed by atoms with van der Waals surface area (Å²) in [5, 5.41) is 0. The number of hydrogen-bond donors (Lipinski definition) is 0. The third-order valence-electron chi connectivity index (χ3n) is 7.00. The molecule has 0 aliphatic carbocycles. The van der Waals surface area contributed by atoms with Crippen LogP contribution in [-0.2, 0) is 9.59 Å². The molecule has 45 heavy (non-hydrogen) atoms. The van der Waals surface area contributed by atoms with Gasteiger partial charge in [0.2, 0.25) is 0 Å². The summed E-state index contributed by atoms with van der Waals surface area (Å²) < 4.78 is 39.2. The second-order valence-corrected chi connectivity index (χ2v) is 10.3. The zero-order valence-corrected chi connectivity index (χ0v) is 24.7. The predicted octanol–water partition coefficient (Wildman–Crippen LogP) is 9.57. The lowest BCUT2D eigenvalue weighted by Gasteiger charge is -2.26. The maximum absolute atomic E-state index is 14.7. The van der Waals surface area contributed by atoms with Gasteiger partial charge >= 0.3 is 11.9 Å². The first-order valence-electron chi connectivity index (χ1n) is 14.0. The summed E-state index contributed by atoms with van der Waals surface area (Å²) in [5.74, 6) is -3.12. The van der Waals surface area contributed by atoms with E-state index >= 15 is 0 Å². The molecule has 0 heterocycles. The number of carbonyl (C=O) groups is 2. The highest BCUT2D eigenvalue weighted by molar-refractivity contribution is 5.84. The highest BCUT2D eigenvalue weighted by atomic mass is 19.1. The third-order valence-corrected chi connectivity index (χ3v) is 7.00. The minimum Gasteiger partial charge on any atom is -0.420 e. The number of halogens is 2. The summed E-state index contributed by atoms with van der Waals surface area (Å²) in [4.78, 5) is 25.1. The van der Waals surface area contributed by atoms with Crippen LogP contribution in [0.4, 0.5) is 25.8 Å². The van der Waals surface area contributed by atoms with Crippen molar-refractivity contribution < 1.29 is 27.8 Å². The molecule has 0 radical (unpaired) electrons. The van der Waals surface area contributed by atoms with Crippen molar-refractivity contribution in [3.05, 3.63) is 151 Å². The smallest absolute Gasteiger partial charge is 0.335 e. The van der Waals surface area contributed by atoms with Crippen LogP contribution in [0.3, 0.4) is 0 Å². The maximum atomic E-state index is 14.7. The Morgan fingerprint density at radius 2 is 0.933 bits per heavy atom. The van der Waals surface area contributed by atoms with Gasteiger partial charge in [-0.2, -0.15) is 0 Å². The van der Waals surface area contributed by atoms with Gasteiger partial charge in [0.25, 0.3) is 0 Å². The summed E-state index contributed by atoms with van der Waals surface area (Å²) in [6.45, 7) is 10.7. The van der Waals surface area contributed by atoms with Crippen LogP contribution in [0.25, 0.3) is 22.3 Å². The zero-order chi connectivity index (χ0) is 32.1. The van der Waals surface area contributed by atoms with Gasteiger partial charge in [0.1, 0.15) is 0 Å². The van der Waals surface area contributed by atoms with Gasteiger partial charge in [-0.3, -0.25) is 0 Å². The van der Waals surface area contributed by atoms with Gasteiger partial charge in [0.15, 0.2) is 23.1 Å². The molecule has 0 spiro atoms. The van der Waals surface area contributed by atoms with Gasteiger partial charge in [0, 0.05) is 29.2 Å². The number of nitrogens with zero attached hydrogens (tertiary/aromatic N) is 1. The van der Waals surface area contributed by atoms with E-state index in [1.165, 1.54) is 24.3 Å². The average molecular weight is 602 g/mol. The Morgan fingerprint density at radius 1 is 0.556 bits per heavy atom. The Morgan fingerprint density at radius 3 is 1.29 bits per heavy atom. The lowest BCUT2D eigenvalue weighted by atomic mass is 10.0. The average Bonchev–Trinajstić information content (AvgIpc) is 3.03. The fourth-order valence-electron chi connectivity index (χ4n) is 4.96. The van der Waals surface area contributed by atoms with Crippen molar-refractivity contribution in [2.24, 2.45) is 0 Å². The number of carbonyl (C=O) groups excluding carboxylic acids is 2. The fourth-order valence-corrected chi connectivity index (χ4v) is 4.96. The molecule has 0 bridgehead atoms. The summed E-state index contributed by atoms with van der Waals surface area (Å²) in [6.07, 6.45) is 1.95. The van der Waals surface area contributed by atoms with E-state index < -0.39 is 23.6 Å². The summed E-state index contributed by atoms with van der Waals surface area (Å²) in [7, 11) is 0. The zero-order valence-electron chi connectivity index (χ0n) is 24.7. The fraction of sp³-hybridized carbons (Fsp3) is 0.0526. The number of esters is 2. The molecule has 0 N–H and O–H groups in total. The molecule has 0 amide bonds. The van der Waals surface area contributed by atoms with Crippen molar-refractivity contribution in [2.45, 2.75) is 13.8 Å². The van der Waals surface area contributed by atoms with Gasteiger partial charge in [0.05, 0.1) is 0 Å². The largest absolute Gasteiger partial charge is 0.420 e. The number of hydrogen-bond acceptors (Lipinski definition) is 5. The SMILES string of the molecule is C=CC(=O)Oc1ccc(-c2ccc(N(c3ccc(-c4ccc(OC(=O)C=C)c(F)c4)cc3)c3cc(C)cc(C)c3)cc2)cc1F. The summed E-state index contributed by atoms with van der Waals surface area (Å²) in [6, 6.07) is 30.5. The Hall–Kier alpha value is -5.82. The lowest BCUT2D eigenvalue weighted by molar-refractivity contribution is -0.130. The Balaban J connectivity index is 1.47. The molecular formula is C38H29F2NO4. The molecule has 0 aliphatic rings. The van der Waals surface area contributed by atoms with E-state index in [1.807, 2.05) is 62.4 Å². The van der Waals surface area contributed by atoms with Crippen LogP contribution < -0.4 is 14.4 Å². The first-order valence-corrected chi connectivity index (χ1v) is 14.0. The normalized spacial score (nSPS) is 10.6. The standard InChI is InChI=1S/C38H29F2NO4/c1-5-37(42)44-35-17-11-28(22-33(35)39)26-7-13-30(14-8-26)41(32-20-24(3)19-25(4)21-32)31-15-9-27(10-16-31)29-12-18-36(34(40)23-29)45-38(43)6-2/h5-23H,1-2H2,3-4H3. The summed E-state index contributed by atoms with van der Waals surface area (Å²) >= 11 is 0. The van der Waals surface area contributed by atoms with E-state index in [0.29, 0.717) is 11.1 Å². The van der Waals surface area contributed by atoms with E-state index in [9.17, 15) is 18.4 Å². The summed E-state index contributed by atoms with van der Waals surface area (Å²) in [5.41, 5.74) is 7.69.